The monoisotopic (exact) mass is 448 g/mol. The first kappa shape index (κ1) is 21.0. The summed E-state index contributed by atoms with van der Waals surface area (Å²) in [6.07, 6.45) is 3.69. The lowest BCUT2D eigenvalue weighted by Crippen LogP contribution is -2.52. The molecule has 1 atom stereocenters. The number of carbonyl (C=O) groups is 1. The number of hydrogen-bond acceptors (Lipinski definition) is 6. The van der Waals surface area contributed by atoms with Gasteiger partial charge in [-0.05, 0) is 18.6 Å². The van der Waals surface area contributed by atoms with Crippen molar-refractivity contribution >= 4 is 18.2 Å². The number of halogens is 1. The van der Waals surface area contributed by atoms with Crippen LogP contribution >= 0.6 is 0 Å². The highest BCUT2D eigenvalue weighted by atomic mass is 19.1. The summed E-state index contributed by atoms with van der Waals surface area (Å²) in [5.41, 5.74) is 2.68. The quantitative estimate of drug-likeness (QED) is 0.615. The summed E-state index contributed by atoms with van der Waals surface area (Å²) in [6, 6.07) is 11.5. The highest BCUT2D eigenvalue weighted by Gasteiger charge is 2.33. The molecule has 0 radical (unpaired) electrons. The summed E-state index contributed by atoms with van der Waals surface area (Å²) in [5.74, 6) is -0.0480. The van der Waals surface area contributed by atoms with Crippen LogP contribution in [0.5, 0.6) is 0 Å². The fourth-order valence-electron chi connectivity index (χ4n) is 4.32. The molecule has 4 heterocycles. The van der Waals surface area contributed by atoms with Gasteiger partial charge < -0.3 is 9.80 Å². The van der Waals surface area contributed by atoms with Gasteiger partial charge in [-0.1, -0.05) is 30.3 Å². The van der Waals surface area contributed by atoms with E-state index in [1.807, 2.05) is 42.2 Å². The summed E-state index contributed by atoms with van der Waals surface area (Å²) in [5, 5.41) is 10.2. The first-order valence-corrected chi connectivity index (χ1v) is 11.0. The Morgan fingerprint density at radius 3 is 2.58 bits per heavy atom. The maximum atomic E-state index is 14.5. The second-order valence-corrected chi connectivity index (χ2v) is 8.22. The number of carbonyl (C=O) groups excluding carboxylic acids is 1. The lowest BCUT2D eigenvalue weighted by molar-refractivity contribution is 0.139. The van der Waals surface area contributed by atoms with Crippen LogP contribution in [-0.4, -0.2) is 68.1 Å². The predicted octanol–water partition coefficient (Wildman–Crippen LogP) is 3.00. The van der Waals surface area contributed by atoms with Crippen LogP contribution in [-0.2, 0) is 7.05 Å². The number of nitrogens with zero attached hydrogens (tertiary/aromatic N) is 8. The molecule has 2 aromatic heterocycles. The number of urea groups is 1. The van der Waals surface area contributed by atoms with E-state index in [-0.39, 0.29) is 17.8 Å². The maximum absolute atomic E-state index is 14.5. The largest absolute Gasteiger partial charge is 0.341 e. The molecule has 1 saturated heterocycles. The van der Waals surface area contributed by atoms with Crippen molar-refractivity contribution in [3.63, 3.8) is 0 Å². The summed E-state index contributed by atoms with van der Waals surface area (Å²) in [4.78, 5) is 25.6. The number of aryl methyl sites for hydroxylation is 2. The van der Waals surface area contributed by atoms with Gasteiger partial charge >= 0.3 is 6.03 Å². The molecule has 2 amide bonds. The predicted molar refractivity (Wildman–Crippen MR) is 122 cm³/mol. The Morgan fingerprint density at radius 1 is 1.12 bits per heavy atom. The SMILES string of the molecule is Cc1cc(-c2nc(N3CCN(C(=O)N4N=CC[C@H]4c4ccccc4)CC3)ncc2F)n(C)n1. The molecule has 1 aromatic carbocycles. The van der Waals surface area contributed by atoms with Crippen molar-refractivity contribution in [2.75, 3.05) is 31.1 Å². The molecule has 0 unspecified atom stereocenters. The number of hydrazone groups is 1. The van der Waals surface area contributed by atoms with E-state index < -0.39 is 5.82 Å². The Labute approximate surface area is 191 Å². The normalized spacial score (nSPS) is 18.3. The van der Waals surface area contributed by atoms with Crippen LogP contribution in [0, 0.1) is 12.7 Å². The first-order chi connectivity index (χ1) is 16.0. The van der Waals surface area contributed by atoms with Crippen LogP contribution in [0.15, 0.2) is 47.7 Å². The Morgan fingerprint density at radius 2 is 1.88 bits per heavy atom. The fourth-order valence-corrected chi connectivity index (χ4v) is 4.32. The molecular weight excluding hydrogens is 423 g/mol. The molecule has 10 heteroatoms. The van der Waals surface area contributed by atoms with E-state index in [4.69, 9.17) is 0 Å². The molecule has 2 aliphatic rings. The lowest BCUT2D eigenvalue weighted by Gasteiger charge is -2.37. The van der Waals surface area contributed by atoms with Crippen molar-refractivity contribution in [2.45, 2.75) is 19.4 Å². The molecule has 0 N–H and O–H groups in total. The van der Waals surface area contributed by atoms with E-state index in [1.54, 1.807) is 33.9 Å². The molecule has 0 spiro atoms. The highest BCUT2D eigenvalue weighted by molar-refractivity contribution is 5.78. The van der Waals surface area contributed by atoms with Gasteiger partial charge in [0.1, 0.15) is 5.69 Å². The van der Waals surface area contributed by atoms with Gasteiger partial charge in [0, 0.05) is 45.9 Å². The number of amides is 2. The minimum absolute atomic E-state index is 0.0814. The molecule has 33 heavy (non-hydrogen) atoms. The molecular formula is C23H25FN8O. The second-order valence-electron chi connectivity index (χ2n) is 8.22. The fraction of sp³-hybridized carbons (Fsp3) is 0.348. The molecule has 170 valence electrons. The molecule has 0 bridgehead atoms. The molecule has 0 saturated carbocycles. The van der Waals surface area contributed by atoms with Gasteiger partial charge in [-0.25, -0.2) is 24.2 Å². The third kappa shape index (κ3) is 4.04. The van der Waals surface area contributed by atoms with E-state index in [9.17, 15) is 9.18 Å². The van der Waals surface area contributed by atoms with E-state index in [0.29, 0.717) is 44.2 Å². The minimum atomic E-state index is -0.491. The third-order valence-electron chi connectivity index (χ3n) is 6.02. The Balaban J connectivity index is 1.28. The Kier molecular flexibility index (Phi) is 5.49. The standard InChI is InChI=1S/C23H25FN8O/c1-16-14-20(29(2)28-16)21-18(24)15-25-22(27-21)30-10-12-31(13-11-30)23(33)32-19(8-9-26-32)17-6-4-3-5-7-17/h3-7,9,14-15,19H,8,10-13H2,1-2H3/t19-/m0/s1. The summed E-state index contributed by atoms with van der Waals surface area (Å²) < 4.78 is 16.1. The van der Waals surface area contributed by atoms with E-state index in [2.05, 4.69) is 20.2 Å². The van der Waals surface area contributed by atoms with Crippen molar-refractivity contribution < 1.29 is 9.18 Å². The van der Waals surface area contributed by atoms with Crippen LogP contribution in [0.4, 0.5) is 15.1 Å². The third-order valence-corrected chi connectivity index (χ3v) is 6.02. The van der Waals surface area contributed by atoms with Crippen LogP contribution in [0.1, 0.15) is 23.7 Å². The summed E-state index contributed by atoms with van der Waals surface area (Å²) in [6.45, 7) is 3.97. The zero-order valence-corrected chi connectivity index (χ0v) is 18.6. The smallest absolute Gasteiger partial charge is 0.337 e. The van der Waals surface area contributed by atoms with Crippen molar-refractivity contribution in [1.29, 1.82) is 0 Å². The van der Waals surface area contributed by atoms with Crippen LogP contribution < -0.4 is 4.90 Å². The molecule has 2 aliphatic heterocycles. The van der Waals surface area contributed by atoms with Crippen LogP contribution in [0.25, 0.3) is 11.4 Å². The second kappa shape index (κ2) is 8.61. The van der Waals surface area contributed by atoms with Crippen molar-refractivity contribution in [2.24, 2.45) is 12.1 Å². The van der Waals surface area contributed by atoms with E-state index in [1.165, 1.54) is 6.20 Å². The van der Waals surface area contributed by atoms with Crippen LogP contribution in [0.2, 0.25) is 0 Å². The van der Waals surface area contributed by atoms with Gasteiger partial charge in [0.05, 0.1) is 23.6 Å². The molecule has 0 aliphatic carbocycles. The number of piperazine rings is 1. The Hall–Kier alpha value is -3.82. The van der Waals surface area contributed by atoms with Crippen molar-refractivity contribution in [3.05, 3.63) is 59.7 Å². The zero-order valence-electron chi connectivity index (χ0n) is 18.6. The zero-order chi connectivity index (χ0) is 22.9. The highest BCUT2D eigenvalue weighted by Crippen LogP contribution is 2.29. The number of aromatic nitrogens is 4. The van der Waals surface area contributed by atoms with Crippen molar-refractivity contribution in [1.82, 2.24) is 29.7 Å². The number of benzene rings is 1. The van der Waals surface area contributed by atoms with E-state index >= 15 is 0 Å². The van der Waals surface area contributed by atoms with Crippen molar-refractivity contribution in [3.8, 4) is 11.4 Å². The summed E-state index contributed by atoms with van der Waals surface area (Å²) >= 11 is 0. The van der Waals surface area contributed by atoms with E-state index in [0.717, 1.165) is 11.3 Å². The minimum Gasteiger partial charge on any atom is -0.337 e. The summed E-state index contributed by atoms with van der Waals surface area (Å²) in [7, 11) is 1.76. The average Bonchev–Trinajstić information content (AvgIpc) is 3.46. The van der Waals surface area contributed by atoms with Gasteiger partial charge in [0.2, 0.25) is 5.95 Å². The van der Waals surface area contributed by atoms with Crippen LogP contribution in [0.3, 0.4) is 0 Å². The maximum Gasteiger partial charge on any atom is 0.341 e. The topological polar surface area (TPSA) is 82.8 Å². The lowest BCUT2D eigenvalue weighted by atomic mass is 10.1. The molecule has 3 aromatic rings. The molecule has 5 rings (SSSR count). The van der Waals surface area contributed by atoms with Gasteiger partial charge in [-0.15, -0.1) is 0 Å². The molecule has 9 nitrogen and oxygen atoms in total. The molecule has 1 fully saturated rings. The number of hydrogen-bond donors (Lipinski definition) is 0. The Bertz CT molecular complexity index is 1190. The van der Waals surface area contributed by atoms with Gasteiger partial charge in [0.15, 0.2) is 5.82 Å². The first-order valence-electron chi connectivity index (χ1n) is 11.0. The average molecular weight is 449 g/mol. The van der Waals surface area contributed by atoms with Gasteiger partial charge in [-0.2, -0.15) is 10.2 Å². The van der Waals surface area contributed by atoms with Gasteiger partial charge in [-0.3, -0.25) is 4.68 Å². The number of anilines is 1. The van der Waals surface area contributed by atoms with Gasteiger partial charge in [0.25, 0.3) is 0 Å². The number of rotatable bonds is 3.